The van der Waals surface area contributed by atoms with E-state index in [1.807, 2.05) is 24.3 Å². The monoisotopic (exact) mass is 301 g/mol. The number of hydrogen-bond donors (Lipinski definition) is 1. The molecule has 0 aromatic heterocycles. The average Bonchev–Trinajstić information content (AvgIpc) is 2.62. The fourth-order valence-electron chi connectivity index (χ4n) is 3.14. The first kappa shape index (κ1) is 14.0. The zero-order valence-electron chi connectivity index (χ0n) is 12.9. The molecule has 1 aliphatic heterocycles. The van der Waals surface area contributed by atoms with Crippen molar-refractivity contribution >= 4 is 0 Å². The van der Waals surface area contributed by atoms with Crippen molar-refractivity contribution < 1.29 is 4.74 Å². The van der Waals surface area contributed by atoms with Crippen molar-refractivity contribution in [2.24, 2.45) is 0 Å². The van der Waals surface area contributed by atoms with Gasteiger partial charge < -0.3 is 10.1 Å². The van der Waals surface area contributed by atoms with Crippen molar-refractivity contribution in [1.82, 2.24) is 5.32 Å². The van der Waals surface area contributed by atoms with Gasteiger partial charge in [0.15, 0.2) is 0 Å². The summed E-state index contributed by atoms with van der Waals surface area (Å²) in [5.41, 5.74) is 3.77. The smallest absolute Gasteiger partial charge is 0.132 e. The van der Waals surface area contributed by atoms with Gasteiger partial charge in [-0.1, -0.05) is 66.7 Å². The molecule has 4 rings (SSSR count). The van der Waals surface area contributed by atoms with Crippen LogP contribution in [0, 0.1) is 0 Å². The van der Waals surface area contributed by atoms with Crippen LogP contribution in [0.5, 0.6) is 11.5 Å². The summed E-state index contributed by atoms with van der Waals surface area (Å²) < 4.78 is 6.03. The summed E-state index contributed by atoms with van der Waals surface area (Å²) in [6, 6.07) is 27.3. The van der Waals surface area contributed by atoms with Gasteiger partial charge >= 0.3 is 0 Å². The Hall–Kier alpha value is -2.58. The van der Waals surface area contributed by atoms with Crippen LogP contribution in [0.4, 0.5) is 0 Å². The zero-order chi connectivity index (χ0) is 15.5. The second-order valence-corrected chi connectivity index (χ2v) is 5.80. The lowest BCUT2D eigenvalue weighted by molar-refractivity contribution is 0.429. The van der Waals surface area contributed by atoms with Crippen LogP contribution < -0.4 is 10.1 Å². The maximum absolute atomic E-state index is 6.03. The Bertz CT molecular complexity index is 752. The Labute approximate surface area is 136 Å². The number of nitrogens with one attached hydrogen (secondary N) is 1. The molecule has 0 bridgehead atoms. The van der Waals surface area contributed by atoms with Crippen LogP contribution in [0.25, 0.3) is 0 Å². The fourth-order valence-corrected chi connectivity index (χ4v) is 3.14. The maximum atomic E-state index is 6.03. The molecule has 0 saturated carbocycles. The third kappa shape index (κ3) is 2.86. The highest BCUT2D eigenvalue weighted by Crippen LogP contribution is 2.42. The summed E-state index contributed by atoms with van der Waals surface area (Å²) in [5, 5.41) is 3.70. The molecule has 3 aromatic carbocycles. The Kier molecular flexibility index (Phi) is 3.83. The van der Waals surface area contributed by atoms with Crippen LogP contribution in [-0.4, -0.2) is 6.54 Å². The van der Waals surface area contributed by atoms with E-state index in [-0.39, 0.29) is 6.04 Å². The predicted octanol–water partition coefficient (Wildman–Crippen LogP) is 4.71. The lowest BCUT2D eigenvalue weighted by atomic mass is 9.94. The van der Waals surface area contributed by atoms with Crippen LogP contribution in [0.3, 0.4) is 0 Å². The minimum atomic E-state index is 0.180. The molecule has 0 saturated heterocycles. The van der Waals surface area contributed by atoms with E-state index in [1.165, 1.54) is 16.7 Å². The van der Waals surface area contributed by atoms with Crippen LogP contribution in [0.1, 0.15) is 22.7 Å². The minimum Gasteiger partial charge on any atom is -0.457 e. The van der Waals surface area contributed by atoms with Gasteiger partial charge in [0.2, 0.25) is 0 Å². The number of para-hydroxylation sites is 2. The quantitative estimate of drug-likeness (QED) is 0.753. The SMILES string of the molecule is c1ccc(CCNC2c3ccccc3Oc3ccccc32)cc1. The van der Waals surface area contributed by atoms with Crippen molar-refractivity contribution in [2.45, 2.75) is 12.5 Å². The highest BCUT2D eigenvalue weighted by atomic mass is 16.5. The lowest BCUT2D eigenvalue weighted by Gasteiger charge is -2.29. The molecular weight excluding hydrogens is 282 g/mol. The molecular formula is C21H19NO. The first-order valence-electron chi connectivity index (χ1n) is 8.05. The van der Waals surface area contributed by atoms with E-state index in [2.05, 4.69) is 59.9 Å². The van der Waals surface area contributed by atoms with Gasteiger partial charge in [-0.05, 0) is 24.1 Å². The van der Waals surface area contributed by atoms with Crippen LogP contribution in [-0.2, 0) is 6.42 Å². The second kappa shape index (κ2) is 6.27. The second-order valence-electron chi connectivity index (χ2n) is 5.80. The Morgan fingerprint density at radius 2 is 1.26 bits per heavy atom. The largest absolute Gasteiger partial charge is 0.457 e. The summed E-state index contributed by atoms with van der Waals surface area (Å²) in [6.45, 7) is 0.928. The molecule has 0 spiro atoms. The summed E-state index contributed by atoms with van der Waals surface area (Å²) in [7, 11) is 0. The molecule has 0 amide bonds. The molecule has 0 atom stereocenters. The summed E-state index contributed by atoms with van der Waals surface area (Å²) in [4.78, 5) is 0. The zero-order valence-corrected chi connectivity index (χ0v) is 12.9. The Morgan fingerprint density at radius 3 is 1.91 bits per heavy atom. The van der Waals surface area contributed by atoms with Crippen LogP contribution >= 0.6 is 0 Å². The number of ether oxygens (including phenoxy) is 1. The van der Waals surface area contributed by atoms with Gasteiger partial charge in [-0.15, -0.1) is 0 Å². The van der Waals surface area contributed by atoms with Gasteiger partial charge in [0, 0.05) is 17.7 Å². The van der Waals surface area contributed by atoms with Crippen molar-refractivity contribution in [3.8, 4) is 11.5 Å². The minimum absolute atomic E-state index is 0.180. The van der Waals surface area contributed by atoms with E-state index in [4.69, 9.17) is 4.74 Å². The topological polar surface area (TPSA) is 21.3 Å². The molecule has 1 heterocycles. The molecule has 2 heteroatoms. The van der Waals surface area contributed by atoms with Crippen molar-refractivity contribution in [3.05, 3.63) is 95.6 Å². The van der Waals surface area contributed by atoms with E-state index >= 15 is 0 Å². The van der Waals surface area contributed by atoms with Gasteiger partial charge in [0.1, 0.15) is 11.5 Å². The van der Waals surface area contributed by atoms with Crippen molar-refractivity contribution in [3.63, 3.8) is 0 Å². The average molecular weight is 301 g/mol. The molecule has 0 radical (unpaired) electrons. The van der Waals surface area contributed by atoms with Gasteiger partial charge in [-0.25, -0.2) is 0 Å². The maximum Gasteiger partial charge on any atom is 0.132 e. The normalized spacial score (nSPS) is 13.0. The van der Waals surface area contributed by atoms with Crippen molar-refractivity contribution in [1.29, 1.82) is 0 Å². The third-order valence-corrected chi connectivity index (χ3v) is 4.28. The van der Waals surface area contributed by atoms with Gasteiger partial charge in [-0.2, -0.15) is 0 Å². The number of rotatable bonds is 4. The number of fused-ring (bicyclic) bond motifs is 2. The first-order valence-corrected chi connectivity index (χ1v) is 8.05. The van der Waals surface area contributed by atoms with E-state index < -0.39 is 0 Å². The Balaban J connectivity index is 1.57. The van der Waals surface area contributed by atoms with E-state index in [0.717, 1.165) is 24.5 Å². The molecule has 0 unspecified atom stereocenters. The molecule has 114 valence electrons. The van der Waals surface area contributed by atoms with E-state index in [0.29, 0.717) is 0 Å². The molecule has 1 N–H and O–H groups in total. The fraction of sp³-hybridized carbons (Fsp3) is 0.143. The van der Waals surface area contributed by atoms with Crippen LogP contribution in [0.2, 0.25) is 0 Å². The highest BCUT2D eigenvalue weighted by Gasteiger charge is 2.25. The molecule has 3 aromatic rings. The number of hydrogen-bond acceptors (Lipinski definition) is 2. The highest BCUT2D eigenvalue weighted by molar-refractivity contribution is 5.52. The predicted molar refractivity (Wildman–Crippen MR) is 92.9 cm³/mol. The Morgan fingerprint density at radius 1 is 0.696 bits per heavy atom. The molecule has 1 aliphatic rings. The van der Waals surface area contributed by atoms with Gasteiger partial charge in [0.05, 0.1) is 6.04 Å². The molecule has 0 fully saturated rings. The standard InChI is InChI=1S/C21H19NO/c1-2-8-16(9-3-1)14-15-22-21-17-10-4-6-12-19(17)23-20-13-7-5-11-18(20)21/h1-13,21-22H,14-15H2. The van der Waals surface area contributed by atoms with Gasteiger partial charge in [-0.3, -0.25) is 0 Å². The van der Waals surface area contributed by atoms with Crippen LogP contribution in [0.15, 0.2) is 78.9 Å². The number of benzene rings is 3. The molecule has 2 nitrogen and oxygen atoms in total. The molecule has 0 aliphatic carbocycles. The summed E-state index contributed by atoms with van der Waals surface area (Å²) in [6.07, 6.45) is 1.02. The third-order valence-electron chi connectivity index (χ3n) is 4.28. The summed E-state index contributed by atoms with van der Waals surface area (Å²) >= 11 is 0. The van der Waals surface area contributed by atoms with E-state index in [1.54, 1.807) is 0 Å². The molecule has 23 heavy (non-hydrogen) atoms. The first-order chi connectivity index (χ1) is 11.4. The van der Waals surface area contributed by atoms with Gasteiger partial charge in [0.25, 0.3) is 0 Å². The summed E-state index contributed by atoms with van der Waals surface area (Å²) in [5.74, 6) is 1.90. The van der Waals surface area contributed by atoms with E-state index in [9.17, 15) is 0 Å². The van der Waals surface area contributed by atoms with Crippen molar-refractivity contribution in [2.75, 3.05) is 6.54 Å². The lowest BCUT2D eigenvalue weighted by Crippen LogP contribution is -2.27.